The van der Waals surface area contributed by atoms with Gasteiger partial charge in [0.15, 0.2) is 11.5 Å². The third-order valence-electron chi connectivity index (χ3n) is 4.51. The average Bonchev–Trinajstić information content (AvgIpc) is 2.75. The van der Waals surface area contributed by atoms with E-state index >= 15 is 0 Å². The lowest BCUT2D eigenvalue weighted by molar-refractivity contribution is -0.122. The first-order chi connectivity index (χ1) is 14.0. The fourth-order valence-corrected chi connectivity index (χ4v) is 2.81. The molecule has 0 aliphatic rings. The number of ether oxygens (including phenoxy) is 3. The number of hydrogen-bond acceptors (Lipinski definition) is 6. The van der Waals surface area contributed by atoms with E-state index in [-0.39, 0.29) is 11.9 Å². The van der Waals surface area contributed by atoms with Gasteiger partial charge >= 0.3 is 5.97 Å². The summed E-state index contributed by atoms with van der Waals surface area (Å²) >= 11 is 0. The molecule has 0 spiro atoms. The molecule has 2 aromatic carbocycles. The zero-order valence-electron chi connectivity index (χ0n) is 17.4. The standard InChI is InChI=1S/C22H28N2O5/c1-24(12-11-16-7-10-19(27-2)20(13-16)28-3)15-21(25)23-14-17-5-8-18(9-6-17)22(26)29-4/h5-10,13H,11-12,14-15H2,1-4H3,(H,23,25). The van der Waals surface area contributed by atoms with Gasteiger partial charge in [-0.2, -0.15) is 0 Å². The highest BCUT2D eigenvalue weighted by Gasteiger charge is 2.09. The molecule has 0 aliphatic heterocycles. The summed E-state index contributed by atoms with van der Waals surface area (Å²) in [5.74, 6) is 0.959. The molecule has 0 radical (unpaired) electrons. The van der Waals surface area contributed by atoms with Gasteiger partial charge in [0.1, 0.15) is 0 Å². The predicted molar refractivity (Wildman–Crippen MR) is 110 cm³/mol. The Morgan fingerprint density at radius 2 is 1.59 bits per heavy atom. The van der Waals surface area contributed by atoms with E-state index in [0.29, 0.717) is 30.2 Å². The smallest absolute Gasteiger partial charge is 0.337 e. The molecule has 0 heterocycles. The molecule has 1 N–H and O–H groups in total. The molecule has 2 rings (SSSR count). The van der Waals surface area contributed by atoms with Crippen molar-refractivity contribution in [1.82, 2.24) is 10.2 Å². The summed E-state index contributed by atoms with van der Waals surface area (Å²) in [4.78, 5) is 25.6. The summed E-state index contributed by atoms with van der Waals surface area (Å²) in [6.07, 6.45) is 0.791. The largest absolute Gasteiger partial charge is 0.493 e. The summed E-state index contributed by atoms with van der Waals surface area (Å²) < 4.78 is 15.2. The van der Waals surface area contributed by atoms with E-state index in [0.717, 1.165) is 24.1 Å². The number of amides is 1. The number of carbonyl (C=O) groups is 2. The van der Waals surface area contributed by atoms with Crippen molar-refractivity contribution in [3.8, 4) is 11.5 Å². The third-order valence-corrected chi connectivity index (χ3v) is 4.51. The maximum atomic E-state index is 12.2. The maximum Gasteiger partial charge on any atom is 0.337 e. The highest BCUT2D eigenvalue weighted by molar-refractivity contribution is 5.89. The van der Waals surface area contributed by atoms with Gasteiger partial charge in [-0.05, 0) is 48.9 Å². The highest BCUT2D eigenvalue weighted by Crippen LogP contribution is 2.27. The lowest BCUT2D eigenvalue weighted by atomic mass is 10.1. The summed E-state index contributed by atoms with van der Waals surface area (Å²) in [6, 6.07) is 12.8. The van der Waals surface area contributed by atoms with Crippen molar-refractivity contribution >= 4 is 11.9 Å². The van der Waals surface area contributed by atoms with E-state index in [2.05, 4.69) is 10.1 Å². The topological polar surface area (TPSA) is 77.1 Å². The van der Waals surface area contributed by atoms with Crippen LogP contribution < -0.4 is 14.8 Å². The van der Waals surface area contributed by atoms with E-state index in [9.17, 15) is 9.59 Å². The Morgan fingerprint density at radius 3 is 2.21 bits per heavy atom. The molecule has 0 saturated carbocycles. The molecular formula is C22H28N2O5. The second-order valence-corrected chi connectivity index (χ2v) is 6.64. The van der Waals surface area contributed by atoms with Crippen molar-refractivity contribution in [2.45, 2.75) is 13.0 Å². The van der Waals surface area contributed by atoms with E-state index in [1.165, 1.54) is 7.11 Å². The summed E-state index contributed by atoms with van der Waals surface area (Å²) in [5, 5.41) is 2.89. The minimum absolute atomic E-state index is 0.0585. The van der Waals surface area contributed by atoms with Crippen LogP contribution >= 0.6 is 0 Å². The minimum atomic E-state index is -0.378. The number of likely N-dealkylation sites (N-methyl/N-ethyl adjacent to an activating group) is 1. The van der Waals surface area contributed by atoms with Crippen LogP contribution in [0.15, 0.2) is 42.5 Å². The van der Waals surface area contributed by atoms with Gasteiger partial charge in [0.2, 0.25) is 5.91 Å². The van der Waals surface area contributed by atoms with Crippen molar-refractivity contribution in [1.29, 1.82) is 0 Å². The van der Waals surface area contributed by atoms with E-state index in [4.69, 9.17) is 9.47 Å². The molecule has 7 heteroatoms. The SMILES string of the molecule is COC(=O)c1ccc(CNC(=O)CN(C)CCc2ccc(OC)c(OC)c2)cc1. The summed E-state index contributed by atoms with van der Waals surface area (Å²) in [6.45, 7) is 1.44. The molecule has 29 heavy (non-hydrogen) atoms. The number of methoxy groups -OCH3 is 3. The molecule has 0 bridgehead atoms. The Kier molecular flexibility index (Phi) is 8.48. The number of nitrogens with one attached hydrogen (secondary N) is 1. The zero-order valence-corrected chi connectivity index (χ0v) is 17.4. The minimum Gasteiger partial charge on any atom is -0.493 e. The van der Waals surface area contributed by atoms with Crippen LogP contribution in [0.25, 0.3) is 0 Å². The van der Waals surface area contributed by atoms with Gasteiger partial charge in [-0.15, -0.1) is 0 Å². The quantitative estimate of drug-likeness (QED) is 0.617. The van der Waals surface area contributed by atoms with Gasteiger partial charge in [-0.3, -0.25) is 9.69 Å². The van der Waals surface area contributed by atoms with Crippen LogP contribution in [-0.4, -0.2) is 58.2 Å². The zero-order chi connectivity index (χ0) is 21.2. The lowest BCUT2D eigenvalue weighted by Crippen LogP contribution is -2.35. The average molecular weight is 400 g/mol. The molecule has 7 nitrogen and oxygen atoms in total. The second kappa shape index (κ2) is 11.1. The molecule has 156 valence electrons. The van der Waals surface area contributed by atoms with E-state index in [1.54, 1.807) is 38.5 Å². The van der Waals surface area contributed by atoms with Gasteiger partial charge in [-0.25, -0.2) is 4.79 Å². The lowest BCUT2D eigenvalue weighted by Gasteiger charge is -2.17. The first-order valence-corrected chi connectivity index (χ1v) is 9.30. The van der Waals surface area contributed by atoms with Crippen LogP contribution in [0, 0.1) is 0 Å². The van der Waals surface area contributed by atoms with Crippen LogP contribution in [0.1, 0.15) is 21.5 Å². The monoisotopic (exact) mass is 400 g/mol. The van der Waals surface area contributed by atoms with E-state index in [1.807, 2.05) is 30.1 Å². The Morgan fingerprint density at radius 1 is 0.931 bits per heavy atom. The molecule has 0 aromatic heterocycles. The van der Waals surface area contributed by atoms with Gasteiger partial charge in [0.25, 0.3) is 0 Å². The van der Waals surface area contributed by atoms with Crippen LogP contribution in [0.4, 0.5) is 0 Å². The number of benzene rings is 2. The third kappa shape index (κ3) is 6.80. The Labute approximate surface area is 171 Å². The number of carbonyl (C=O) groups excluding carboxylic acids is 2. The summed E-state index contributed by atoms with van der Waals surface area (Å²) in [5.41, 5.74) is 2.51. The molecule has 1 amide bonds. The number of rotatable bonds is 10. The van der Waals surface area contributed by atoms with E-state index < -0.39 is 0 Å². The highest BCUT2D eigenvalue weighted by atomic mass is 16.5. The van der Waals surface area contributed by atoms with Crippen LogP contribution in [0.2, 0.25) is 0 Å². The molecular weight excluding hydrogens is 372 g/mol. The fourth-order valence-electron chi connectivity index (χ4n) is 2.81. The normalized spacial score (nSPS) is 10.5. The maximum absolute atomic E-state index is 12.2. The first kappa shape index (κ1) is 22.2. The fraction of sp³-hybridized carbons (Fsp3) is 0.364. The first-order valence-electron chi connectivity index (χ1n) is 9.30. The van der Waals surface area contributed by atoms with Crippen LogP contribution in [0.3, 0.4) is 0 Å². The van der Waals surface area contributed by atoms with Gasteiger partial charge in [0, 0.05) is 13.1 Å². The number of esters is 1. The van der Waals surface area contributed by atoms with Gasteiger partial charge in [-0.1, -0.05) is 18.2 Å². The number of hydrogen-bond donors (Lipinski definition) is 1. The Bertz CT molecular complexity index is 820. The molecule has 0 unspecified atom stereocenters. The van der Waals surface area contributed by atoms with Crippen molar-refractivity contribution < 1.29 is 23.8 Å². The van der Waals surface area contributed by atoms with Crippen molar-refractivity contribution in [2.24, 2.45) is 0 Å². The second-order valence-electron chi connectivity index (χ2n) is 6.64. The molecule has 2 aromatic rings. The van der Waals surface area contributed by atoms with Crippen molar-refractivity contribution in [3.05, 3.63) is 59.2 Å². The Hall–Kier alpha value is -3.06. The number of nitrogens with zero attached hydrogens (tertiary/aromatic N) is 1. The summed E-state index contributed by atoms with van der Waals surface area (Å²) in [7, 11) is 6.47. The van der Waals surface area contributed by atoms with Crippen molar-refractivity contribution in [3.63, 3.8) is 0 Å². The Balaban J connectivity index is 1.77. The molecule has 0 fully saturated rings. The van der Waals surface area contributed by atoms with Crippen LogP contribution in [-0.2, 0) is 22.5 Å². The predicted octanol–water partition coefficient (Wildman–Crippen LogP) is 2.28. The van der Waals surface area contributed by atoms with Gasteiger partial charge in [0.05, 0.1) is 33.4 Å². The molecule has 0 saturated heterocycles. The van der Waals surface area contributed by atoms with Crippen molar-refractivity contribution in [2.75, 3.05) is 41.5 Å². The van der Waals surface area contributed by atoms with Gasteiger partial charge < -0.3 is 19.5 Å². The van der Waals surface area contributed by atoms with Crippen LogP contribution in [0.5, 0.6) is 11.5 Å². The molecule has 0 atom stereocenters. The molecule has 0 aliphatic carbocycles.